The molecule has 0 aliphatic carbocycles. The lowest BCUT2D eigenvalue weighted by molar-refractivity contribution is 0.00900. The van der Waals surface area contributed by atoms with Crippen LogP contribution in [-0.4, -0.2) is 22.5 Å². The van der Waals surface area contributed by atoms with E-state index in [1.54, 1.807) is 6.20 Å². The number of hydrogen-bond acceptors (Lipinski definition) is 3. The van der Waals surface area contributed by atoms with Crippen molar-refractivity contribution in [3.63, 3.8) is 0 Å². The maximum atomic E-state index is 6.30. The molecule has 4 nitrogen and oxygen atoms in total. The van der Waals surface area contributed by atoms with E-state index in [0.29, 0.717) is 11.1 Å². The molecule has 2 rings (SSSR count). The first-order chi connectivity index (χ1) is 9.09. The Bertz CT molecular complexity index is 399. The zero-order valence-corrected chi connectivity index (χ0v) is 12.6. The first-order valence-corrected chi connectivity index (χ1v) is 7.57. The summed E-state index contributed by atoms with van der Waals surface area (Å²) in [5.41, 5.74) is 7.25. The second-order valence-electron chi connectivity index (χ2n) is 5.59. The van der Waals surface area contributed by atoms with Gasteiger partial charge in [0.15, 0.2) is 0 Å². The standard InChI is InChI=1S/C14H24ClN3O/c1-10(2)18-14(12(15)9-17-18)13(16)7-6-11-5-3-4-8-19-11/h9-11,13H,3-8,16H2,1-2H3. The van der Waals surface area contributed by atoms with Crippen molar-refractivity contribution < 1.29 is 4.74 Å². The Morgan fingerprint density at radius 1 is 1.53 bits per heavy atom. The summed E-state index contributed by atoms with van der Waals surface area (Å²) in [5, 5.41) is 4.98. The summed E-state index contributed by atoms with van der Waals surface area (Å²) in [6.07, 6.45) is 7.56. The lowest BCUT2D eigenvalue weighted by atomic mass is 10.0. The third kappa shape index (κ3) is 3.71. The molecule has 19 heavy (non-hydrogen) atoms. The molecule has 1 fully saturated rings. The van der Waals surface area contributed by atoms with Crippen molar-refractivity contribution in [2.75, 3.05) is 6.61 Å². The summed E-state index contributed by atoms with van der Waals surface area (Å²) in [7, 11) is 0. The number of nitrogens with two attached hydrogens (primary N) is 1. The monoisotopic (exact) mass is 285 g/mol. The van der Waals surface area contributed by atoms with Crippen LogP contribution >= 0.6 is 11.6 Å². The van der Waals surface area contributed by atoms with Gasteiger partial charge >= 0.3 is 0 Å². The fourth-order valence-corrected chi connectivity index (χ4v) is 2.92. The first kappa shape index (κ1) is 14.8. The molecule has 0 bridgehead atoms. The SMILES string of the molecule is CC(C)n1ncc(Cl)c1C(N)CCC1CCCCO1. The molecule has 1 aliphatic rings. The molecule has 108 valence electrons. The number of nitrogens with zero attached hydrogens (tertiary/aromatic N) is 2. The number of rotatable bonds is 5. The van der Waals surface area contributed by atoms with Gasteiger partial charge in [0.05, 0.1) is 23.0 Å². The van der Waals surface area contributed by atoms with Gasteiger partial charge in [0.25, 0.3) is 0 Å². The highest BCUT2D eigenvalue weighted by molar-refractivity contribution is 6.31. The predicted molar refractivity (Wildman–Crippen MR) is 77.4 cm³/mol. The summed E-state index contributed by atoms with van der Waals surface area (Å²) in [6, 6.07) is 0.211. The average molecular weight is 286 g/mol. The summed E-state index contributed by atoms with van der Waals surface area (Å²) >= 11 is 6.21. The van der Waals surface area contributed by atoms with Crippen molar-refractivity contribution in [3.8, 4) is 0 Å². The Hall–Kier alpha value is -0.580. The van der Waals surface area contributed by atoms with Gasteiger partial charge in [-0.2, -0.15) is 5.10 Å². The molecule has 1 aromatic heterocycles. The minimum atomic E-state index is -0.0667. The van der Waals surface area contributed by atoms with Crippen LogP contribution in [0, 0.1) is 0 Å². The van der Waals surface area contributed by atoms with Crippen LogP contribution in [0.1, 0.15) is 63.7 Å². The van der Waals surface area contributed by atoms with Crippen LogP contribution in [-0.2, 0) is 4.74 Å². The first-order valence-electron chi connectivity index (χ1n) is 7.19. The smallest absolute Gasteiger partial charge is 0.0834 e. The molecule has 2 heterocycles. The quantitative estimate of drug-likeness (QED) is 0.901. The summed E-state index contributed by atoms with van der Waals surface area (Å²) in [6.45, 7) is 5.07. The summed E-state index contributed by atoms with van der Waals surface area (Å²) < 4.78 is 7.67. The van der Waals surface area contributed by atoms with E-state index in [1.165, 1.54) is 12.8 Å². The second kappa shape index (κ2) is 6.73. The van der Waals surface area contributed by atoms with Gasteiger partial charge < -0.3 is 10.5 Å². The average Bonchev–Trinajstić information content (AvgIpc) is 2.79. The van der Waals surface area contributed by atoms with Gasteiger partial charge in [0.2, 0.25) is 0 Å². The molecule has 0 radical (unpaired) electrons. The molecule has 0 aromatic carbocycles. The van der Waals surface area contributed by atoms with E-state index in [1.807, 2.05) is 4.68 Å². The second-order valence-corrected chi connectivity index (χ2v) is 6.00. The maximum absolute atomic E-state index is 6.30. The number of aromatic nitrogens is 2. The van der Waals surface area contributed by atoms with Gasteiger partial charge in [-0.3, -0.25) is 4.68 Å². The van der Waals surface area contributed by atoms with Crippen LogP contribution in [0.4, 0.5) is 0 Å². The van der Waals surface area contributed by atoms with Crippen LogP contribution in [0.2, 0.25) is 5.02 Å². The third-order valence-corrected chi connectivity index (χ3v) is 3.99. The lowest BCUT2D eigenvalue weighted by Crippen LogP contribution is -2.23. The maximum Gasteiger partial charge on any atom is 0.0834 e. The molecule has 1 saturated heterocycles. The minimum Gasteiger partial charge on any atom is -0.378 e. The molecule has 5 heteroatoms. The fourth-order valence-electron chi connectivity index (χ4n) is 2.65. The van der Waals surface area contributed by atoms with E-state index < -0.39 is 0 Å². The van der Waals surface area contributed by atoms with Gasteiger partial charge in [-0.15, -0.1) is 0 Å². The van der Waals surface area contributed by atoms with Gasteiger partial charge in [-0.25, -0.2) is 0 Å². The molecule has 1 aliphatic heterocycles. The van der Waals surface area contributed by atoms with Crippen molar-refractivity contribution >= 4 is 11.6 Å². The molecular weight excluding hydrogens is 262 g/mol. The van der Waals surface area contributed by atoms with Crippen LogP contribution < -0.4 is 5.73 Å². The highest BCUT2D eigenvalue weighted by Crippen LogP contribution is 2.28. The Morgan fingerprint density at radius 3 is 2.95 bits per heavy atom. The normalized spacial score (nSPS) is 21.8. The van der Waals surface area contributed by atoms with Gasteiger partial charge in [0.1, 0.15) is 0 Å². The molecule has 2 atom stereocenters. The van der Waals surface area contributed by atoms with E-state index in [9.17, 15) is 0 Å². The number of ether oxygens (including phenoxy) is 1. The molecular formula is C14H24ClN3O. The fraction of sp³-hybridized carbons (Fsp3) is 0.786. The Morgan fingerprint density at radius 2 is 2.32 bits per heavy atom. The van der Waals surface area contributed by atoms with E-state index in [2.05, 4.69) is 18.9 Å². The van der Waals surface area contributed by atoms with Gasteiger partial charge in [-0.05, 0) is 46.0 Å². The Kier molecular flexibility index (Phi) is 5.25. The summed E-state index contributed by atoms with van der Waals surface area (Å²) in [5.74, 6) is 0. The van der Waals surface area contributed by atoms with E-state index in [-0.39, 0.29) is 12.1 Å². The highest BCUT2D eigenvalue weighted by Gasteiger charge is 2.21. The summed E-state index contributed by atoms with van der Waals surface area (Å²) in [4.78, 5) is 0. The van der Waals surface area contributed by atoms with Crippen LogP contribution in [0.15, 0.2) is 6.20 Å². The van der Waals surface area contributed by atoms with Crippen molar-refractivity contribution in [2.45, 2.75) is 64.1 Å². The zero-order valence-electron chi connectivity index (χ0n) is 11.8. The molecule has 2 unspecified atom stereocenters. The topological polar surface area (TPSA) is 53.1 Å². The number of halogens is 1. The van der Waals surface area contributed by atoms with E-state index in [0.717, 1.165) is 31.6 Å². The molecule has 0 amide bonds. The van der Waals surface area contributed by atoms with E-state index in [4.69, 9.17) is 22.1 Å². The molecule has 1 aromatic rings. The van der Waals surface area contributed by atoms with Crippen LogP contribution in [0.5, 0.6) is 0 Å². The predicted octanol–water partition coefficient (Wildman–Crippen LogP) is 3.47. The Labute approximate surface area is 120 Å². The van der Waals surface area contributed by atoms with Crippen molar-refractivity contribution in [3.05, 3.63) is 16.9 Å². The largest absolute Gasteiger partial charge is 0.378 e. The highest BCUT2D eigenvalue weighted by atomic mass is 35.5. The molecule has 0 spiro atoms. The minimum absolute atomic E-state index is 0.0667. The third-order valence-electron chi connectivity index (χ3n) is 3.70. The van der Waals surface area contributed by atoms with Crippen molar-refractivity contribution in [1.82, 2.24) is 9.78 Å². The zero-order chi connectivity index (χ0) is 13.8. The van der Waals surface area contributed by atoms with Gasteiger partial charge in [-0.1, -0.05) is 11.6 Å². The van der Waals surface area contributed by atoms with Crippen molar-refractivity contribution in [1.29, 1.82) is 0 Å². The Balaban J connectivity index is 1.95. The lowest BCUT2D eigenvalue weighted by Gasteiger charge is -2.24. The number of hydrogen-bond donors (Lipinski definition) is 1. The van der Waals surface area contributed by atoms with Crippen molar-refractivity contribution in [2.24, 2.45) is 5.73 Å². The van der Waals surface area contributed by atoms with E-state index >= 15 is 0 Å². The van der Waals surface area contributed by atoms with Crippen LogP contribution in [0.3, 0.4) is 0 Å². The van der Waals surface area contributed by atoms with Crippen LogP contribution in [0.25, 0.3) is 0 Å². The molecule has 0 saturated carbocycles. The molecule has 2 N–H and O–H groups in total. The van der Waals surface area contributed by atoms with Gasteiger partial charge in [0, 0.05) is 18.7 Å².